The molecule has 0 fully saturated rings. The fourth-order valence-electron chi connectivity index (χ4n) is 2.88. The molecule has 0 radical (unpaired) electrons. The van der Waals surface area contributed by atoms with Crippen molar-refractivity contribution in [3.63, 3.8) is 0 Å². The quantitative estimate of drug-likeness (QED) is 0.606. The monoisotopic (exact) mass is 344 g/mol. The molecule has 0 aliphatic carbocycles. The number of aromatic nitrogens is 2. The summed E-state index contributed by atoms with van der Waals surface area (Å²) >= 11 is 0. The largest absolute Gasteiger partial charge is 0.313 e. The molecule has 4 nitrogen and oxygen atoms in total. The zero-order valence-corrected chi connectivity index (χ0v) is 15.2. The molecule has 2 aromatic carbocycles. The van der Waals surface area contributed by atoms with Crippen molar-refractivity contribution < 1.29 is 0 Å². The minimum absolute atomic E-state index is 0.627. The van der Waals surface area contributed by atoms with Crippen LogP contribution >= 0.6 is 0 Å². The Morgan fingerprint density at radius 1 is 1.04 bits per heavy atom. The van der Waals surface area contributed by atoms with E-state index in [1.54, 1.807) is 0 Å². The first kappa shape index (κ1) is 17.9. The standard InChI is InChI=1S/C22H24N4/c1-18-10-12-19(13-11-18)22-20(16-24-15-7-3-6-14-23)17-26(25-22)21-8-4-2-5-9-21/h2,4-5,8-13,17,24H,3,6-7,15-16H2,1H3. The highest BCUT2D eigenvalue weighted by atomic mass is 15.3. The summed E-state index contributed by atoms with van der Waals surface area (Å²) in [7, 11) is 0. The number of unbranched alkanes of at least 4 members (excludes halogenated alkanes) is 2. The van der Waals surface area contributed by atoms with Gasteiger partial charge >= 0.3 is 0 Å². The number of nitriles is 1. The number of benzene rings is 2. The van der Waals surface area contributed by atoms with Crippen LogP contribution in [0.3, 0.4) is 0 Å². The smallest absolute Gasteiger partial charge is 0.0972 e. The normalized spacial score (nSPS) is 10.6. The predicted octanol–water partition coefficient (Wildman–Crippen LogP) is 4.63. The van der Waals surface area contributed by atoms with Crippen molar-refractivity contribution in [2.75, 3.05) is 6.54 Å². The molecule has 1 aromatic heterocycles. The predicted molar refractivity (Wildman–Crippen MR) is 105 cm³/mol. The van der Waals surface area contributed by atoms with Crippen molar-refractivity contribution in [2.24, 2.45) is 0 Å². The van der Waals surface area contributed by atoms with E-state index >= 15 is 0 Å². The van der Waals surface area contributed by atoms with E-state index in [0.717, 1.165) is 42.9 Å². The minimum Gasteiger partial charge on any atom is -0.313 e. The second kappa shape index (κ2) is 8.98. The van der Waals surface area contributed by atoms with E-state index in [9.17, 15) is 0 Å². The summed E-state index contributed by atoms with van der Waals surface area (Å²) in [5.74, 6) is 0. The molecular weight excluding hydrogens is 320 g/mol. The van der Waals surface area contributed by atoms with Gasteiger partial charge in [-0.15, -0.1) is 0 Å². The molecule has 3 aromatic rings. The summed E-state index contributed by atoms with van der Waals surface area (Å²) in [6.07, 6.45) is 4.69. The van der Waals surface area contributed by atoms with Gasteiger partial charge in [-0.2, -0.15) is 10.4 Å². The molecule has 132 valence electrons. The van der Waals surface area contributed by atoms with E-state index in [4.69, 9.17) is 10.4 Å². The Hall–Kier alpha value is -2.90. The van der Waals surface area contributed by atoms with Crippen LogP contribution < -0.4 is 5.32 Å². The molecule has 0 saturated carbocycles. The summed E-state index contributed by atoms with van der Waals surface area (Å²) in [4.78, 5) is 0. The number of para-hydroxylation sites is 1. The molecule has 0 spiro atoms. The van der Waals surface area contributed by atoms with E-state index in [2.05, 4.69) is 60.9 Å². The molecule has 26 heavy (non-hydrogen) atoms. The van der Waals surface area contributed by atoms with Gasteiger partial charge in [0.2, 0.25) is 0 Å². The van der Waals surface area contributed by atoms with Crippen LogP contribution in [0.2, 0.25) is 0 Å². The Bertz CT molecular complexity index is 857. The Morgan fingerprint density at radius 2 is 1.81 bits per heavy atom. The van der Waals surface area contributed by atoms with E-state index in [-0.39, 0.29) is 0 Å². The molecule has 4 heteroatoms. The maximum atomic E-state index is 8.61. The van der Waals surface area contributed by atoms with Crippen LogP contribution in [-0.2, 0) is 6.54 Å². The number of nitrogens with one attached hydrogen (secondary N) is 1. The van der Waals surface area contributed by atoms with Gasteiger partial charge in [0.1, 0.15) is 0 Å². The fourth-order valence-corrected chi connectivity index (χ4v) is 2.88. The minimum atomic E-state index is 0.627. The fraction of sp³-hybridized carbons (Fsp3) is 0.273. The topological polar surface area (TPSA) is 53.6 Å². The first-order valence-corrected chi connectivity index (χ1v) is 9.06. The lowest BCUT2D eigenvalue weighted by Crippen LogP contribution is -2.14. The maximum absolute atomic E-state index is 8.61. The van der Waals surface area contributed by atoms with E-state index < -0.39 is 0 Å². The summed E-state index contributed by atoms with van der Waals surface area (Å²) < 4.78 is 1.95. The SMILES string of the molecule is Cc1ccc(-c2nn(-c3ccccc3)cc2CNCCCCC#N)cc1. The molecule has 0 bridgehead atoms. The molecule has 0 aliphatic rings. The third kappa shape index (κ3) is 4.59. The lowest BCUT2D eigenvalue weighted by Gasteiger charge is -2.05. The summed E-state index contributed by atoms with van der Waals surface area (Å²) in [6.45, 7) is 3.77. The lowest BCUT2D eigenvalue weighted by molar-refractivity contribution is 0.629. The van der Waals surface area contributed by atoms with Crippen LogP contribution in [0.25, 0.3) is 16.9 Å². The zero-order chi connectivity index (χ0) is 18.2. The number of aryl methyl sites for hydroxylation is 1. The summed E-state index contributed by atoms with van der Waals surface area (Å²) in [5.41, 5.74) is 5.62. The van der Waals surface area contributed by atoms with Crippen molar-refractivity contribution in [1.29, 1.82) is 5.26 Å². The molecule has 0 atom stereocenters. The highest BCUT2D eigenvalue weighted by molar-refractivity contribution is 5.63. The third-order valence-corrected chi connectivity index (χ3v) is 4.34. The second-order valence-corrected chi connectivity index (χ2v) is 6.44. The third-order valence-electron chi connectivity index (χ3n) is 4.34. The average Bonchev–Trinajstić information content (AvgIpc) is 3.10. The van der Waals surface area contributed by atoms with E-state index in [0.29, 0.717) is 6.42 Å². The van der Waals surface area contributed by atoms with Crippen molar-refractivity contribution in [3.05, 3.63) is 71.9 Å². The number of nitrogens with zero attached hydrogens (tertiary/aromatic N) is 3. The average molecular weight is 344 g/mol. The summed E-state index contributed by atoms with van der Waals surface area (Å²) in [6, 6.07) is 20.9. The molecule has 0 aliphatic heterocycles. The Labute approximate surface area is 155 Å². The first-order chi connectivity index (χ1) is 12.8. The van der Waals surface area contributed by atoms with E-state index in [1.807, 2.05) is 22.9 Å². The zero-order valence-electron chi connectivity index (χ0n) is 15.2. The van der Waals surface area contributed by atoms with Gasteiger partial charge in [0, 0.05) is 30.3 Å². The second-order valence-electron chi connectivity index (χ2n) is 6.44. The van der Waals surface area contributed by atoms with Crippen molar-refractivity contribution in [1.82, 2.24) is 15.1 Å². The Kier molecular flexibility index (Phi) is 6.19. The van der Waals surface area contributed by atoms with Crippen molar-refractivity contribution in [2.45, 2.75) is 32.7 Å². The van der Waals surface area contributed by atoms with Crippen molar-refractivity contribution in [3.8, 4) is 23.0 Å². The van der Waals surface area contributed by atoms with Crippen LogP contribution in [0.15, 0.2) is 60.8 Å². The highest BCUT2D eigenvalue weighted by Gasteiger charge is 2.12. The van der Waals surface area contributed by atoms with Gasteiger partial charge in [0.05, 0.1) is 17.5 Å². The number of rotatable bonds is 8. The van der Waals surface area contributed by atoms with Gasteiger partial charge in [-0.1, -0.05) is 48.0 Å². The van der Waals surface area contributed by atoms with Crippen LogP contribution in [0.5, 0.6) is 0 Å². The maximum Gasteiger partial charge on any atom is 0.0972 e. The van der Waals surface area contributed by atoms with Gasteiger partial charge in [-0.05, 0) is 38.4 Å². The van der Waals surface area contributed by atoms with E-state index in [1.165, 1.54) is 11.1 Å². The summed E-state index contributed by atoms with van der Waals surface area (Å²) in [5, 5.41) is 16.9. The van der Waals surface area contributed by atoms with Crippen LogP contribution in [0, 0.1) is 18.3 Å². The number of hydrogen-bond acceptors (Lipinski definition) is 3. The highest BCUT2D eigenvalue weighted by Crippen LogP contribution is 2.24. The lowest BCUT2D eigenvalue weighted by atomic mass is 10.1. The van der Waals surface area contributed by atoms with Crippen LogP contribution in [-0.4, -0.2) is 16.3 Å². The van der Waals surface area contributed by atoms with Gasteiger partial charge in [0.25, 0.3) is 0 Å². The van der Waals surface area contributed by atoms with Crippen molar-refractivity contribution >= 4 is 0 Å². The van der Waals surface area contributed by atoms with Gasteiger partial charge in [-0.3, -0.25) is 0 Å². The first-order valence-electron chi connectivity index (χ1n) is 9.06. The molecule has 3 rings (SSSR count). The number of hydrogen-bond donors (Lipinski definition) is 1. The Morgan fingerprint density at radius 3 is 2.54 bits per heavy atom. The molecule has 0 amide bonds. The molecule has 0 unspecified atom stereocenters. The molecule has 1 heterocycles. The van der Waals surface area contributed by atoms with Gasteiger partial charge in [0.15, 0.2) is 0 Å². The molecule has 1 N–H and O–H groups in total. The Balaban J connectivity index is 1.80. The van der Waals surface area contributed by atoms with Crippen LogP contribution in [0.1, 0.15) is 30.4 Å². The van der Waals surface area contributed by atoms with Crippen LogP contribution in [0.4, 0.5) is 0 Å². The van der Waals surface area contributed by atoms with Gasteiger partial charge in [-0.25, -0.2) is 4.68 Å². The van der Waals surface area contributed by atoms with Gasteiger partial charge < -0.3 is 5.32 Å². The molecular formula is C22H24N4. The molecule has 0 saturated heterocycles.